The van der Waals surface area contributed by atoms with Gasteiger partial charge in [0.1, 0.15) is 12.3 Å². The monoisotopic (exact) mass is 343 g/mol. The summed E-state index contributed by atoms with van der Waals surface area (Å²) >= 11 is 6.00. The predicted octanol–water partition coefficient (Wildman–Crippen LogP) is 3.96. The minimum atomic E-state index is -0.215. The zero-order chi connectivity index (χ0) is 16.5. The van der Waals surface area contributed by atoms with E-state index in [1.165, 1.54) is 12.5 Å². The Bertz CT molecular complexity index is 860. The fourth-order valence-corrected chi connectivity index (χ4v) is 3.12. The van der Waals surface area contributed by atoms with Crippen molar-refractivity contribution in [3.05, 3.63) is 59.3 Å². The lowest BCUT2D eigenvalue weighted by molar-refractivity contribution is 0.0709. The molecule has 0 radical (unpaired) electrons. The molecule has 4 rings (SSSR count). The fraction of sp³-hybridized carbons (Fsp3) is 0.235. The molecule has 6 nitrogen and oxygen atoms in total. The van der Waals surface area contributed by atoms with E-state index in [9.17, 15) is 4.79 Å². The van der Waals surface area contributed by atoms with Crippen LogP contribution in [0.15, 0.2) is 51.8 Å². The molecular formula is C17H14ClN3O3. The molecule has 122 valence electrons. The van der Waals surface area contributed by atoms with Crippen LogP contribution in [0, 0.1) is 0 Å². The van der Waals surface area contributed by atoms with Crippen LogP contribution in [0.4, 0.5) is 0 Å². The third kappa shape index (κ3) is 2.69. The Kier molecular flexibility index (Phi) is 3.82. The molecule has 0 bridgehead atoms. The summed E-state index contributed by atoms with van der Waals surface area (Å²) in [6, 6.07) is 8.70. The van der Waals surface area contributed by atoms with Crippen LogP contribution in [0.3, 0.4) is 0 Å². The largest absolute Gasteiger partial charge is 0.472 e. The summed E-state index contributed by atoms with van der Waals surface area (Å²) in [6.45, 7) is 0.656. The lowest BCUT2D eigenvalue weighted by Crippen LogP contribution is -2.30. The van der Waals surface area contributed by atoms with Gasteiger partial charge in [-0.05, 0) is 31.0 Å². The minimum absolute atomic E-state index is 0.0891. The van der Waals surface area contributed by atoms with E-state index in [4.69, 9.17) is 20.5 Å². The van der Waals surface area contributed by atoms with Gasteiger partial charge < -0.3 is 13.8 Å². The topological polar surface area (TPSA) is 72.4 Å². The van der Waals surface area contributed by atoms with Gasteiger partial charge in [-0.25, -0.2) is 0 Å². The van der Waals surface area contributed by atoms with E-state index in [1.807, 2.05) is 12.1 Å². The molecule has 0 saturated carbocycles. The molecule has 0 N–H and O–H groups in total. The summed E-state index contributed by atoms with van der Waals surface area (Å²) in [7, 11) is 0. The molecule has 1 atom stereocenters. The molecule has 1 aliphatic heterocycles. The normalized spacial score (nSPS) is 17.4. The number of aromatic nitrogens is 2. The van der Waals surface area contributed by atoms with Crippen molar-refractivity contribution in [2.75, 3.05) is 6.54 Å². The number of rotatable bonds is 3. The molecule has 1 fully saturated rings. The Morgan fingerprint density at radius 1 is 1.33 bits per heavy atom. The number of likely N-dealkylation sites (tertiary alicyclic amines) is 1. The van der Waals surface area contributed by atoms with Gasteiger partial charge >= 0.3 is 0 Å². The van der Waals surface area contributed by atoms with Crippen molar-refractivity contribution < 1.29 is 13.7 Å². The zero-order valence-electron chi connectivity index (χ0n) is 12.7. The Hall–Kier alpha value is -2.60. The van der Waals surface area contributed by atoms with Gasteiger partial charge in [-0.1, -0.05) is 28.9 Å². The van der Waals surface area contributed by atoms with Gasteiger partial charge in [-0.15, -0.1) is 0 Å². The summed E-state index contributed by atoms with van der Waals surface area (Å²) in [5.41, 5.74) is 1.31. The Morgan fingerprint density at radius 2 is 2.25 bits per heavy atom. The molecular weight excluding hydrogens is 330 g/mol. The van der Waals surface area contributed by atoms with Crippen LogP contribution in [0.5, 0.6) is 0 Å². The van der Waals surface area contributed by atoms with Crippen LogP contribution >= 0.6 is 11.6 Å². The summed E-state index contributed by atoms with van der Waals surface area (Å²) in [4.78, 5) is 18.8. The number of nitrogens with zero attached hydrogens (tertiary/aromatic N) is 3. The summed E-state index contributed by atoms with van der Waals surface area (Å²) in [5.74, 6) is 0.822. The van der Waals surface area contributed by atoms with E-state index in [2.05, 4.69) is 10.1 Å². The number of furan rings is 1. The molecule has 0 spiro atoms. The first-order valence-electron chi connectivity index (χ1n) is 7.65. The van der Waals surface area contributed by atoms with Crippen molar-refractivity contribution in [3.8, 4) is 11.4 Å². The first kappa shape index (κ1) is 15.0. The van der Waals surface area contributed by atoms with Gasteiger partial charge in [-0.3, -0.25) is 4.79 Å². The molecule has 1 unspecified atom stereocenters. The first-order chi connectivity index (χ1) is 11.7. The second kappa shape index (κ2) is 6.13. The standard InChI is InChI=1S/C17H14ClN3O3/c18-13-4-1-3-11(9-13)15-19-16(24-20-15)14-5-2-7-21(14)17(22)12-6-8-23-10-12/h1,3-4,6,8-10,14H,2,5,7H2. The average Bonchev–Trinajstić information content (AvgIpc) is 3.33. The number of amides is 1. The number of carbonyl (C=O) groups excluding carboxylic acids is 1. The van der Waals surface area contributed by atoms with E-state index < -0.39 is 0 Å². The van der Waals surface area contributed by atoms with Crippen LogP contribution in [0.1, 0.15) is 35.1 Å². The minimum Gasteiger partial charge on any atom is -0.472 e. The molecule has 0 aliphatic carbocycles. The molecule has 1 amide bonds. The Morgan fingerprint density at radius 3 is 3.04 bits per heavy atom. The number of halogens is 1. The SMILES string of the molecule is O=C(c1ccoc1)N1CCCC1c1nc(-c2cccc(Cl)c2)no1. The highest BCUT2D eigenvalue weighted by Crippen LogP contribution is 2.33. The number of hydrogen-bond donors (Lipinski definition) is 0. The third-order valence-electron chi connectivity index (χ3n) is 4.09. The maximum absolute atomic E-state index is 12.6. The molecule has 1 aromatic carbocycles. The average molecular weight is 344 g/mol. The van der Waals surface area contributed by atoms with E-state index >= 15 is 0 Å². The lowest BCUT2D eigenvalue weighted by Gasteiger charge is -2.20. The van der Waals surface area contributed by atoms with Gasteiger partial charge in [0.2, 0.25) is 11.7 Å². The lowest BCUT2D eigenvalue weighted by atomic mass is 10.2. The van der Waals surface area contributed by atoms with E-state index in [-0.39, 0.29) is 11.9 Å². The third-order valence-corrected chi connectivity index (χ3v) is 4.33. The number of carbonyl (C=O) groups is 1. The maximum Gasteiger partial charge on any atom is 0.257 e. The van der Waals surface area contributed by atoms with Crippen molar-refractivity contribution in [2.45, 2.75) is 18.9 Å². The highest BCUT2D eigenvalue weighted by Gasteiger charge is 2.34. The van der Waals surface area contributed by atoms with Crippen molar-refractivity contribution >= 4 is 17.5 Å². The molecule has 24 heavy (non-hydrogen) atoms. The van der Waals surface area contributed by atoms with Crippen LogP contribution in [-0.4, -0.2) is 27.5 Å². The molecule has 2 aromatic heterocycles. The van der Waals surface area contributed by atoms with Crippen LogP contribution in [-0.2, 0) is 0 Å². The molecule has 3 heterocycles. The van der Waals surface area contributed by atoms with E-state index in [1.54, 1.807) is 23.1 Å². The van der Waals surface area contributed by atoms with E-state index in [0.717, 1.165) is 18.4 Å². The van der Waals surface area contributed by atoms with Crippen molar-refractivity contribution in [1.82, 2.24) is 15.0 Å². The molecule has 3 aromatic rings. The predicted molar refractivity (Wildman–Crippen MR) is 86.5 cm³/mol. The fourth-order valence-electron chi connectivity index (χ4n) is 2.93. The Balaban J connectivity index is 1.60. The van der Waals surface area contributed by atoms with Crippen LogP contribution < -0.4 is 0 Å². The van der Waals surface area contributed by atoms with Gasteiger partial charge in [0.25, 0.3) is 5.91 Å². The number of benzene rings is 1. The molecule has 1 saturated heterocycles. The summed E-state index contributed by atoms with van der Waals surface area (Å²) in [5, 5.41) is 4.64. The second-order valence-electron chi connectivity index (χ2n) is 5.64. The highest BCUT2D eigenvalue weighted by molar-refractivity contribution is 6.30. The highest BCUT2D eigenvalue weighted by atomic mass is 35.5. The van der Waals surface area contributed by atoms with Crippen molar-refractivity contribution in [1.29, 1.82) is 0 Å². The van der Waals surface area contributed by atoms with Gasteiger partial charge in [0, 0.05) is 17.1 Å². The van der Waals surface area contributed by atoms with Crippen LogP contribution in [0.2, 0.25) is 5.02 Å². The summed E-state index contributed by atoms with van der Waals surface area (Å²) < 4.78 is 10.4. The van der Waals surface area contributed by atoms with Crippen molar-refractivity contribution in [3.63, 3.8) is 0 Å². The zero-order valence-corrected chi connectivity index (χ0v) is 13.4. The van der Waals surface area contributed by atoms with Gasteiger partial charge in [-0.2, -0.15) is 4.98 Å². The first-order valence-corrected chi connectivity index (χ1v) is 8.03. The van der Waals surface area contributed by atoms with Crippen LogP contribution in [0.25, 0.3) is 11.4 Å². The molecule has 7 heteroatoms. The van der Waals surface area contributed by atoms with Crippen molar-refractivity contribution in [2.24, 2.45) is 0 Å². The quantitative estimate of drug-likeness (QED) is 0.719. The Labute approximate surface area is 143 Å². The summed E-state index contributed by atoms with van der Waals surface area (Å²) in [6.07, 6.45) is 4.62. The van der Waals surface area contributed by atoms with E-state index in [0.29, 0.717) is 28.8 Å². The van der Waals surface area contributed by atoms with Gasteiger partial charge in [0.05, 0.1) is 11.8 Å². The molecule has 1 aliphatic rings. The number of hydrogen-bond acceptors (Lipinski definition) is 5. The van der Waals surface area contributed by atoms with Gasteiger partial charge in [0.15, 0.2) is 0 Å². The second-order valence-corrected chi connectivity index (χ2v) is 6.07. The smallest absolute Gasteiger partial charge is 0.257 e. The maximum atomic E-state index is 12.6.